The molecule has 3 aromatic rings. The molecule has 1 aliphatic rings. The van der Waals surface area contributed by atoms with Crippen molar-refractivity contribution in [3.63, 3.8) is 0 Å². The van der Waals surface area contributed by atoms with Gasteiger partial charge in [-0.15, -0.1) is 0 Å². The summed E-state index contributed by atoms with van der Waals surface area (Å²) in [7, 11) is -4.25. The fourth-order valence-electron chi connectivity index (χ4n) is 3.83. The van der Waals surface area contributed by atoms with Crippen LogP contribution >= 0.6 is 11.6 Å². The van der Waals surface area contributed by atoms with E-state index in [1.165, 1.54) is 29.7 Å². The number of hydrogen-bond acceptors (Lipinski definition) is 6. The zero-order valence-corrected chi connectivity index (χ0v) is 19.2. The van der Waals surface area contributed by atoms with E-state index >= 15 is 0 Å². The highest BCUT2D eigenvalue weighted by molar-refractivity contribution is 7.92. The van der Waals surface area contributed by atoms with Crippen molar-refractivity contribution in [1.29, 1.82) is 0 Å². The molecule has 3 aromatic carbocycles. The van der Waals surface area contributed by atoms with Gasteiger partial charge < -0.3 is 0 Å². The third-order valence-electron chi connectivity index (χ3n) is 5.63. The lowest BCUT2D eigenvalue weighted by Crippen LogP contribution is -2.42. The molecule has 4 rings (SSSR count). The van der Waals surface area contributed by atoms with Crippen molar-refractivity contribution in [1.82, 2.24) is 10.4 Å². The molecule has 34 heavy (non-hydrogen) atoms. The van der Waals surface area contributed by atoms with Crippen molar-refractivity contribution in [2.24, 2.45) is 0 Å². The number of benzene rings is 3. The smallest absolute Gasteiger partial charge is 0.262 e. The molecule has 0 spiro atoms. The first-order valence-electron chi connectivity index (χ1n) is 10.2. The predicted molar refractivity (Wildman–Crippen MR) is 124 cm³/mol. The number of imide groups is 1. The van der Waals surface area contributed by atoms with Gasteiger partial charge in [-0.1, -0.05) is 48.0 Å². The maximum atomic E-state index is 13.2. The van der Waals surface area contributed by atoms with E-state index in [9.17, 15) is 22.8 Å². The molecule has 0 aromatic heterocycles. The average molecular weight is 499 g/mol. The molecule has 0 saturated carbocycles. The maximum Gasteiger partial charge on any atom is 0.262 e. The molecule has 8 nitrogen and oxygen atoms in total. The fourth-order valence-corrected chi connectivity index (χ4v) is 5.55. The van der Waals surface area contributed by atoms with Crippen LogP contribution in [0.25, 0.3) is 11.1 Å². The van der Waals surface area contributed by atoms with Crippen LogP contribution in [0, 0.1) is 0 Å². The average Bonchev–Trinajstić information content (AvgIpc) is 3.09. The van der Waals surface area contributed by atoms with E-state index < -0.39 is 32.8 Å². The van der Waals surface area contributed by atoms with Gasteiger partial charge in [0.05, 0.1) is 16.0 Å². The minimum atomic E-state index is -4.25. The Kier molecular flexibility index (Phi) is 6.52. The van der Waals surface area contributed by atoms with Crippen molar-refractivity contribution in [2.45, 2.75) is 16.6 Å². The van der Waals surface area contributed by atoms with Gasteiger partial charge in [0.15, 0.2) is 9.84 Å². The van der Waals surface area contributed by atoms with Crippen LogP contribution < -0.4 is 5.48 Å². The van der Waals surface area contributed by atoms with Crippen LogP contribution in [0.15, 0.2) is 77.7 Å². The number of hydroxylamine groups is 1. The van der Waals surface area contributed by atoms with Crippen molar-refractivity contribution < 1.29 is 28.0 Å². The molecule has 0 fully saturated rings. The van der Waals surface area contributed by atoms with Gasteiger partial charge in [-0.3, -0.25) is 24.5 Å². The predicted octanol–water partition coefficient (Wildman–Crippen LogP) is 3.34. The second-order valence-corrected chi connectivity index (χ2v) is 10.2. The molecule has 0 aliphatic carbocycles. The van der Waals surface area contributed by atoms with E-state index in [0.717, 1.165) is 16.0 Å². The Bertz CT molecular complexity index is 1340. The van der Waals surface area contributed by atoms with Crippen LogP contribution in [0.5, 0.6) is 0 Å². The minimum absolute atomic E-state index is 0.138. The van der Waals surface area contributed by atoms with Crippen LogP contribution in [-0.4, -0.2) is 48.0 Å². The highest BCUT2D eigenvalue weighted by Crippen LogP contribution is 2.27. The van der Waals surface area contributed by atoms with E-state index in [-0.39, 0.29) is 29.0 Å². The number of hydrogen-bond donors (Lipinski definition) is 2. The van der Waals surface area contributed by atoms with Crippen LogP contribution in [-0.2, 0) is 14.6 Å². The van der Waals surface area contributed by atoms with Crippen LogP contribution in [0.3, 0.4) is 0 Å². The zero-order valence-electron chi connectivity index (χ0n) is 17.6. The first kappa shape index (κ1) is 23.6. The van der Waals surface area contributed by atoms with E-state index in [1.807, 2.05) is 0 Å². The Labute approximate surface area is 200 Å². The molecule has 1 unspecified atom stereocenters. The number of sulfone groups is 1. The van der Waals surface area contributed by atoms with Crippen LogP contribution in [0.2, 0.25) is 5.02 Å². The summed E-state index contributed by atoms with van der Waals surface area (Å²) in [6, 6.07) is 19.1. The number of nitrogens with one attached hydrogen (secondary N) is 1. The molecule has 1 heterocycles. The molecule has 0 saturated heterocycles. The monoisotopic (exact) mass is 498 g/mol. The Morgan fingerprint density at radius 2 is 1.38 bits per heavy atom. The SMILES string of the molecule is O=C(NO)C(CCN1C(=O)c2ccccc2C1=O)S(=O)(=O)c1ccc(-c2ccc(Cl)cc2)cc1. The molecular weight excluding hydrogens is 480 g/mol. The molecule has 174 valence electrons. The van der Waals surface area contributed by atoms with Gasteiger partial charge in [0, 0.05) is 11.6 Å². The van der Waals surface area contributed by atoms with Gasteiger partial charge >= 0.3 is 0 Å². The molecule has 1 atom stereocenters. The summed E-state index contributed by atoms with van der Waals surface area (Å²) < 4.78 is 26.5. The number of nitrogens with zero attached hydrogens (tertiary/aromatic N) is 1. The number of carbonyl (C=O) groups excluding carboxylic acids is 3. The third-order valence-corrected chi connectivity index (χ3v) is 8.01. The first-order chi connectivity index (χ1) is 16.2. The zero-order chi connectivity index (χ0) is 24.5. The van der Waals surface area contributed by atoms with Crippen molar-refractivity contribution in [3.8, 4) is 11.1 Å². The van der Waals surface area contributed by atoms with Gasteiger partial charge in [0.2, 0.25) is 0 Å². The largest absolute Gasteiger partial charge is 0.289 e. The Morgan fingerprint density at radius 1 is 0.882 bits per heavy atom. The highest BCUT2D eigenvalue weighted by atomic mass is 35.5. The van der Waals surface area contributed by atoms with Crippen LogP contribution in [0.1, 0.15) is 27.1 Å². The molecule has 1 aliphatic heterocycles. The Hall–Kier alpha value is -3.53. The lowest BCUT2D eigenvalue weighted by atomic mass is 10.1. The summed E-state index contributed by atoms with van der Waals surface area (Å²) in [6.45, 7) is -0.313. The molecule has 2 N–H and O–H groups in total. The van der Waals surface area contributed by atoms with Gasteiger partial charge in [0.1, 0.15) is 5.25 Å². The second kappa shape index (κ2) is 9.38. The van der Waals surface area contributed by atoms with Crippen LogP contribution in [0.4, 0.5) is 0 Å². The summed E-state index contributed by atoms with van der Waals surface area (Å²) >= 11 is 5.90. The van der Waals surface area contributed by atoms with E-state index in [2.05, 4.69) is 0 Å². The fraction of sp³-hybridized carbons (Fsp3) is 0.125. The van der Waals surface area contributed by atoms with Gasteiger partial charge in [-0.25, -0.2) is 13.9 Å². The summed E-state index contributed by atoms with van der Waals surface area (Å²) in [5.74, 6) is -2.28. The molecule has 0 radical (unpaired) electrons. The minimum Gasteiger partial charge on any atom is -0.289 e. The number of fused-ring (bicyclic) bond motifs is 1. The topological polar surface area (TPSA) is 121 Å². The van der Waals surface area contributed by atoms with E-state index in [4.69, 9.17) is 16.8 Å². The van der Waals surface area contributed by atoms with Crippen molar-refractivity contribution in [2.75, 3.05) is 6.54 Å². The lowest BCUT2D eigenvalue weighted by molar-refractivity contribution is -0.128. The standard InChI is InChI=1S/C24H19ClN2O6S/c25-17-9-5-15(6-10-17)16-7-11-18(12-8-16)34(32,33)21(22(28)26-31)13-14-27-23(29)19-3-1-2-4-20(19)24(27)30/h1-12,21,31H,13-14H2,(H,26,28). The van der Waals surface area contributed by atoms with Crippen molar-refractivity contribution in [3.05, 3.63) is 88.9 Å². The Morgan fingerprint density at radius 3 is 1.88 bits per heavy atom. The number of rotatable bonds is 7. The van der Waals surface area contributed by atoms with Crippen molar-refractivity contribution >= 4 is 39.2 Å². The second-order valence-electron chi connectivity index (χ2n) is 7.64. The molecule has 3 amide bonds. The number of amides is 3. The summed E-state index contributed by atoms with van der Waals surface area (Å²) in [5, 5.41) is 8.00. The quantitative estimate of drug-likeness (QED) is 0.293. The summed E-state index contributed by atoms with van der Waals surface area (Å²) in [4.78, 5) is 38.2. The Balaban J connectivity index is 1.56. The van der Waals surface area contributed by atoms with E-state index in [0.29, 0.717) is 5.02 Å². The molecular formula is C24H19ClN2O6S. The highest BCUT2D eigenvalue weighted by Gasteiger charge is 2.39. The molecule has 0 bridgehead atoms. The van der Waals surface area contributed by atoms with E-state index in [1.54, 1.807) is 48.5 Å². The lowest BCUT2D eigenvalue weighted by Gasteiger charge is -2.19. The first-order valence-corrected chi connectivity index (χ1v) is 12.2. The summed E-state index contributed by atoms with van der Waals surface area (Å²) in [6.07, 6.45) is -0.390. The van der Waals surface area contributed by atoms with Gasteiger partial charge in [-0.2, -0.15) is 0 Å². The summed E-state index contributed by atoms with van der Waals surface area (Å²) in [5.41, 5.74) is 3.38. The maximum absolute atomic E-state index is 13.2. The van der Waals surface area contributed by atoms with Gasteiger partial charge in [0.25, 0.3) is 17.7 Å². The van der Waals surface area contributed by atoms with Gasteiger partial charge in [-0.05, 0) is 53.9 Å². The number of halogens is 1. The third kappa shape index (κ3) is 4.33. The molecule has 10 heteroatoms. The normalized spacial score (nSPS) is 14.1. The number of carbonyl (C=O) groups is 3.